The van der Waals surface area contributed by atoms with E-state index in [1.165, 1.54) is 35.5 Å². The summed E-state index contributed by atoms with van der Waals surface area (Å²) in [5.41, 5.74) is 0. The molecule has 0 unspecified atom stereocenters. The third-order valence-corrected chi connectivity index (χ3v) is 7.19. The van der Waals surface area contributed by atoms with E-state index in [2.05, 4.69) is 13.8 Å². The van der Waals surface area contributed by atoms with Crippen LogP contribution in [0.5, 0.6) is 0 Å². The second-order valence-electron chi connectivity index (χ2n) is 9.19. The van der Waals surface area contributed by atoms with Crippen molar-refractivity contribution in [1.29, 1.82) is 0 Å². The second kappa shape index (κ2) is 25.0. The Kier molecular flexibility index (Phi) is 28.1. The summed E-state index contributed by atoms with van der Waals surface area (Å²) >= 11 is 0. The van der Waals surface area contributed by atoms with Crippen LogP contribution in [0.25, 0.3) is 0 Å². The Labute approximate surface area is 255 Å². The number of unbranched alkanes of at least 4 members (excludes halogenated alkanes) is 8. The molecule has 0 fully saturated rings. The van der Waals surface area contributed by atoms with Crippen LogP contribution in [-0.4, -0.2) is 124 Å². The summed E-state index contributed by atoms with van der Waals surface area (Å²) in [6.45, 7) is 4.94. The first-order chi connectivity index (χ1) is 16.7. The van der Waals surface area contributed by atoms with Gasteiger partial charge in [-0.2, -0.15) is 0 Å². The number of amides is 2. The van der Waals surface area contributed by atoms with Crippen LogP contribution in [0.2, 0.25) is 0 Å². The first kappa shape index (κ1) is 41.5. The SMILES string of the molecule is CCCCCCCC(=O)N(C)CCCS(=O)(=O)[O-].CCCCCCCC(=O)N(C)CCCS(=O)(=O)[O-].[Ca+2]. The summed E-state index contributed by atoms with van der Waals surface area (Å²) in [6.07, 6.45) is 12.4. The number of rotatable bonds is 20. The molecule has 0 aromatic heterocycles. The Balaban J connectivity index is -0.000000608. The van der Waals surface area contributed by atoms with Crippen LogP contribution in [0.1, 0.15) is 104 Å². The molecule has 10 nitrogen and oxygen atoms in total. The number of carbonyl (C=O) groups is 2. The Morgan fingerprint density at radius 1 is 0.568 bits per heavy atom. The molecule has 0 bridgehead atoms. The summed E-state index contributed by atoms with van der Waals surface area (Å²) < 4.78 is 62.4. The van der Waals surface area contributed by atoms with E-state index in [0.717, 1.165) is 38.5 Å². The van der Waals surface area contributed by atoms with E-state index in [-0.39, 0.29) is 62.4 Å². The van der Waals surface area contributed by atoms with Crippen molar-refractivity contribution in [3.8, 4) is 0 Å². The standard InChI is InChI=1S/2C12H25NO4S.Ca/c2*1-3-4-5-6-7-9-12(14)13(2)10-8-11-18(15,16)17;/h2*3-11H2,1-2H3,(H,15,16,17);/q;;+2/p-2. The molecular weight excluding hydrogens is 548 g/mol. The van der Waals surface area contributed by atoms with Crippen LogP contribution in [0.3, 0.4) is 0 Å². The van der Waals surface area contributed by atoms with Gasteiger partial charge >= 0.3 is 37.7 Å². The number of carbonyl (C=O) groups excluding carboxylic acids is 2. The first-order valence-corrected chi connectivity index (χ1v) is 16.2. The minimum Gasteiger partial charge on any atom is -0.748 e. The third kappa shape index (κ3) is 32.1. The summed E-state index contributed by atoms with van der Waals surface area (Å²) in [7, 11) is -5.03. The van der Waals surface area contributed by atoms with Gasteiger partial charge in [-0.15, -0.1) is 0 Å². The maximum absolute atomic E-state index is 11.6. The van der Waals surface area contributed by atoms with E-state index in [9.17, 15) is 35.5 Å². The van der Waals surface area contributed by atoms with Crippen molar-refractivity contribution in [3.63, 3.8) is 0 Å². The molecule has 0 saturated carbocycles. The molecule has 0 aromatic rings. The molecule has 0 atom stereocenters. The van der Waals surface area contributed by atoms with Crippen LogP contribution in [0.15, 0.2) is 0 Å². The zero-order valence-electron chi connectivity index (χ0n) is 23.4. The van der Waals surface area contributed by atoms with E-state index in [0.29, 0.717) is 25.9 Å². The fourth-order valence-corrected chi connectivity index (χ4v) is 4.31. The summed E-state index contributed by atoms with van der Waals surface area (Å²) in [6, 6.07) is 0. The van der Waals surface area contributed by atoms with Gasteiger partial charge in [-0.05, 0) is 25.7 Å². The molecule has 0 aliphatic rings. The monoisotopic (exact) mass is 596 g/mol. The van der Waals surface area contributed by atoms with Gasteiger partial charge < -0.3 is 18.9 Å². The maximum atomic E-state index is 11.6. The summed E-state index contributed by atoms with van der Waals surface area (Å²) in [5.74, 6) is -0.757. The van der Waals surface area contributed by atoms with Crippen LogP contribution < -0.4 is 0 Å². The zero-order chi connectivity index (χ0) is 28.0. The number of hydrogen-bond acceptors (Lipinski definition) is 8. The van der Waals surface area contributed by atoms with Crippen molar-refractivity contribution >= 4 is 69.8 Å². The molecule has 216 valence electrons. The average molecular weight is 597 g/mol. The van der Waals surface area contributed by atoms with Crippen LogP contribution in [0, 0.1) is 0 Å². The molecule has 0 rings (SSSR count). The van der Waals surface area contributed by atoms with Crippen molar-refractivity contribution in [3.05, 3.63) is 0 Å². The average Bonchev–Trinajstić information content (AvgIpc) is 2.77. The second-order valence-corrected chi connectivity index (χ2v) is 12.2. The van der Waals surface area contributed by atoms with E-state index in [1.54, 1.807) is 14.1 Å². The summed E-state index contributed by atoms with van der Waals surface area (Å²) in [5, 5.41) is 0. The van der Waals surface area contributed by atoms with Gasteiger partial charge in [-0.3, -0.25) is 9.59 Å². The Morgan fingerprint density at radius 2 is 0.865 bits per heavy atom. The minimum atomic E-state index is -4.16. The van der Waals surface area contributed by atoms with Gasteiger partial charge in [0.2, 0.25) is 11.8 Å². The Bertz CT molecular complexity index is 727. The van der Waals surface area contributed by atoms with Crippen LogP contribution in [-0.2, 0) is 29.8 Å². The van der Waals surface area contributed by atoms with E-state index in [1.807, 2.05) is 0 Å². The predicted molar refractivity (Wildman–Crippen MR) is 146 cm³/mol. The van der Waals surface area contributed by atoms with Gasteiger partial charge in [0, 0.05) is 51.5 Å². The van der Waals surface area contributed by atoms with Crippen molar-refractivity contribution < 1.29 is 35.5 Å². The number of hydrogen-bond donors (Lipinski definition) is 0. The molecule has 0 aliphatic heterocycles. The molecule has 0 saturated heterocycles. The molecule has 0 N–H and O–H groups in total. The van der Waals surface area contributed by atoms with Crippen LogP contribution in [0.4, 0.5) is 0 Å². The largest absolute Gasteiger partial charge is 2.00 e. The normalized spacial score (nSPS) is 11.2. The molecule has 13 heteroatoms. The number of nitrogens with zero attached hydrogens (tertiary/aromatic N) is 2. The van der Waals surface area contributed by atoms with Crippen LogP contribution >= 0.6 is 0 Å². The summed E-state index contributed by atoms with van der Waals surface area (Å²) in [4.78, 5) is 26.3. The third-order valence-electron chi connectivity index (χ3n) is 5.62. The van der Waals surface area contributed by atoms with Gasteiger partial charge in [-0.1, -0.05) is 65.2 Å². The maximum Gasteiger partial charge on any atom is 2.00 e. The van der Waals surface area contributed by atoms with E-state index in [4.69, 9.17) is 0 Å². The van der Waals surface area contributed by atoms with Gasteiger partial charge in [-0.25, -0.2) is 16.8 Å². The molecule has 0 radical (unpaired) electrons. The minimum absolute atomic E-state index is 0. The molecular formula is C24H48CaN2O8S2. The fourth-order valence-electron chi connectivity index (χ4n) is 3.35. The van der Waals surface area contributed by atoms with Crippen molar-refractivity contribution in [2.75, 3.05) is 38.7 Å². The zero-order valence-corrected chi connectivity index (χ0v) is 27.3. The van der Waals surface area contributed by atoms with Gasteiger partial charge in [0.1, 0.15) is 0 Å². The smallest absolute Gasteiger partial charge is 0.748 e. The fraction of sp³-hybridized carbons (Fsp3) is 0.917. The Hall–Kier alpha value is 0.0197. The topological polar surface area (TPSA) is 155 Å². The van der Waals surface area contributed by atoms with Crippen molar-refractivity contribution in [2.45, 2.75) is 104 Å². The molecule has 0 aromatic carbocycles. The quantitative estimate of drug-likeness (QED) is 0.118. The molecule has 0 aliphatic carbocycles. The Morgan fingerprint density at radius 3 is 1.14 bits per heavy atom. The predicted octanol–water partition coefficient (Wildman–Crippen LogP) is 3.10. The van der Waals surface area contributed by atoms with E-state index >= 15 is 0 Å². The molecule has 37 heavy (non-hydrogen) atoms. The van der Waals surface area contributed by atoms with Crippen molar-refractivity contribution in [1.82, 2.24) is 9.80 Å². The first-order valence-electron chi connectivity index (χ1n) is 13.1. The van der Waals surface area contributed by atoms with Gasteiger partial charge in [0.05, 0.1) is 20.2 Å². The van der Waals surface area contributed by atoms with E-state index < -0.39 is 31.7 Å². The van der Waals surface area contributed by atoms with Gasteiger partial charge in [0.15, 0.2) is 0 Å². The molecule has 2 amide bonds. The molecule has 0 heterocycles. The van der Waals surface area contributed by atoms with Crippen molar-refractivity contribution in [2.24, 2.45) is 0 Å². The molecule has 0 spiro atoms. The van der Waals surface area contributed by atoms with Gasteiger partial charge in [0.25, 0.3) is 0 Å².